The van der Waals surface area contributed by atoms with Gasteiger partial charge in [-0.05, 0) is 58.9 Å². The van der Waals surface area contributed by atoms with Crippen molar-refractivity contribution in [1.82, 2.24) is 10.2 Å². The fraction of sp³-hybridized carbons (Fsp3) is 0.222. The monoisotopic (exact) mass is 582 g/mol. The molecule has 4 nitrogen and oxygen atoms in total. The Morgan fingerprint density at radius 3 is 2.12 bits per heavy atom. The maximum absolute atomic E-state index is 13.3. The molecule has 1 unspecified atom stereocenters. The predicted molar refractivity (Wildman–Crippen MR) is 163 cm³/mol. The van der Waals surface area contributed by atoms with Crippen LogP contribution in [0.1, 0.15) is 52.0 Å². The number of benzene rings is 4. The normalized spacial score (nSPS) is 14.6. The first-order chi connectivity index (χ1) is 20.7. The fourth-order valence-electron chi connectivity index (χ4n) is 5.55. The second-order valence-electron chi connectivity index (χ2n) is 10.6. The minimum Gasteiger partial charge on any atom is -0.355 e. The maximum atomic E-state index is 13.3. The van der Waals surface area contributed by atoms with E-state index in [2.05, 4.69) is 16.3 Å². The number of nitrogens with zero attached hydrogens (tertiary/aromatic N) is 1. The summed E-state index contributed by atoms with van der Waals surface area (Å²) in [6, 6.07) is 29.3. The van der Waals surface area contributed by atoms with Crippen LogP contribution in [-0.4, -0.2) is 36.2 Å². The van der Waals surface area contributed by atoms with Crippen molar-refractivity contribution in [2.24, 2.45) is 0 Å². The van der Waals surface area contributed by atoms with E-state index >= 15 is 0 Å². The van der Waals surface area contributed by atoms with Crippen molar-refractivity contribution in [2.45, 2.75) is 32.0 Å². The van der Waals surface area contributed by atoms with Gasteiger partial charge in [0.05, 0.1) is 5.56 Å². The first-order valence-electron chi connectivity index (χ1n) is 14.4. The Bertz CT molecular complexity index is 1590. The highest BCUT2D eigenvalue weighted by molar-refractivity contribution is 6.03. The summed E-state index contributed by atoms with van der Waals surface area (Å²) >= 11 is 0. The summed E-state index contributed by atoms with van der Waals surface area (Å²) in [4.78, 5) is 28.4. The third-order valence-electron chi connectivity index (χ3n) is 7.76. The molecule has 0 bridgehead atoms. The first kappa shape index (κ1) is 30.0. The first-order valence-corrected chi connectivity index (χ1v) is 14.4. The molecule has 1 heterocycles. The van der Waals surface area contributed by atoms with Crippen LogP contribution in [0.2, 0.25) is 0 Å². The van der Waals surface area contributed by atoms with Gasteiger partial charge in [0.1, 0.15) is 6.04 Å². The van der Waals surface area contributed by atoms with Crippen LogP contribution in [0.25, 0.3) is 16.7 Å². The Balaban J connectivity index is 1.27. The van der Waals surface area contributed by atoms with Crippen LogP contribution in [0.3, 0.4) is 0 Å². The highest BCUT2D eigenvalue weighted by atomic mass is 19.4. The molecule has 1 amide bonds. The average Bonchev–Trinajstić information content (AvgIpc) is 3.02. The summed E-state index contributed by atoms with van der Waals surface area (Å²) < 4.78 is 39.0. The van der Waals surface area contributed by atoms with E-state index in [0.29, 0.717) is 29.8 Å². The predicted octanol–water partition coefficient (Wildman–Crippen LogP) is 7.76. The Labute approximate surface area is 249 Å². The van der Waals surface area contributed by atoms with Gasteiger partial charge in [-0.15, -0.1) is 0 Å². The molecule has 1 aliphatic heterocycles. The van der Waals surface area contributed by atoms with Crippen LogP contribution in [0.5, 0.6) is 0 Å². The van der Waals surface area contributed by atoms with Crippen LogP contribution < -0.4 is 5.32 Å². The number of hydrogen-bond donors (Lipinski definition) is 1. The van der Waals surface area contributed by atoms with Gasteiger partial charge >= 0.3 is 6.18 Å². The summed E-state index contributed by atoms with van der Waals surface area (Å²) in [7, 11) is 0. The van der Waals surface area contributed by atoms with Gasteiger partial charge in [-0.1, -0.05) is 97.1 Å². The van der Waals surface area contributed by atoms with E-state index in [1.165, 1.54) is 17.7 Å². The number of hydrogen-bond acceptors (Lipinski definition) is 3. The average molecular weight is 583 g/mol. The van der Waals surface area contributed by atoms with E-state index in [0.717, 1.165) is 41.8 Å². The molecular weight excluding hydrogens is 549 g/mol. The number of halogens is 3. The molecule has 0 fully saturated rings. The summed E-state index contributed by atoms with van der Waals surface area (Å²) in [6.45, 7) is 3.88. The van der Waals surface area contributed by atoms with E-state index in [4.69, 9.17) is 0 Å². The lowest BCUT2D eigenvalue weighted by Gasteiger charge is -2.33. The zero-order valence-electron chi connectivity index (χ0n) is 23.9. The quantitative estimate of drug-likeness (QED) is 0.205. The molecule has 0 aliphatic carbocycles. The fourth-order valence-corrected chi connectivity index (χ4v) is 5.55. The molecule has 220 valence electrons. The van der Waals surface area contributed by atoms with E-state index < -0.39 is 11.7 Å². The summed E-state index contributed by atoms with van der Waals surface area (Å²) in [5.41, 5.74) is 5.03. The molecule has 0 radical (unpaired) electrons. The number of ketones is 1. The van der Waals surface area contributed by atoms with Crippen LogP contribution >= 0.6 is 0 Å². The van der Waals surface area contributed by atoms with Gasteiger partial charge in [-0.2, -0.15) is 13.2 Å². The van der Waals surface area contributed by atoms with Gasteiger partial charge in [0.15, 0.2) is 5.78 Å². The van der Waals surface area contributed by atoms with Gasteiger partial charge in [0, 0.05) is 31.6 Å². The second kappa shape index (κ2) is 13.2. The Hall–Kier alpha value is -4.49. The number of rotatable bonds is 9. The van der Waals surface area contributed by atoms with Crippen LogP contribution in [0.15, 0.2) is 109 Å². The van der Waals surface area contributed by atoms with Crippen LogP contribution in [0.4, 0.5) is 13.2 Å². The molecule has 1 atom stereocenters. The smallest absolute Gasteiger partial charge is 0.355 e. The molecule has 4 aromatic rings. The van der Waals surface area contributed by atoms with Gasteiger partial charge in [-0.3, -0.25) is 14.5 Å². The number of nitrogens with one attached hydrogen (secondary N) is 1. The zero-order chi connectivity index (χ0) is 30.4. The molecule has 0 saturated heterocycles. The molecule has 0 aromatic heterocycles. The van der Waals surface area contributed by atoms with Gasteiger partial charge in [0.2, 0.25) is 5.91 Å². The van der Waals surface area contributed by atoms with Crippen LogP contribution in [-0.2, 0) is 17.4 Å². The number of likely N-dealkylation sites (N-methyl/N-ethyl adjacent to an activating group) is 1. The highest BCUT2D eigenvalue weighted by Gasteiger charge is 2.30. The lowest BCUT2D eigenvalue weighted by atomic mass is 9.92. The molecule has 7 heteroatoms. The maximum Gasteiger partial charge on any atom is 0.416 e. The van der Waals surface area contributed by atoms with E-state index in [-0.39, 0.29) is 24.2 Å². The summed E-state index contributed by atoms with van der Waals surface area (Å²) in [5, 5.41) is 2.97. The van der Waals surface area contributed by atoms with Crippen molar-refractivity contribution in [1.29, 1.82) is 0 Å². The number of carbonyl (C=O) groups excluding carboxylic acids is 2. The topological polar surface area (TPSA) is 49.4 Å². The van der Waals surface area contributed by atoms with Crippen LogP contribution in [0, 0.1) is 0 Å². The van der Waals surface area contributed by atoms with Crippen molar-refractivity contribution in [3.05, 3.63) is 137 Å². The zero-order valence-corrected chi connectivity index (χ0v) is 23.9. The molecule has 1 aliphatic rings. The largest absolute Gasteiger partial charge is 0.416 e. The minimum absolute atomic E-state index is 0.000495. The molecule has 1 N–H and O–H groups in total. The van der Waals surface area contributed by atoms with Gasteiger partial charge in [-0.25, -0.2) is 0 Å². The number of Topliss-reactive ketones (excluding diaryl/α,β-unsaturated/α-hetero) is 1. The third kappa shape index (κ3) is 7.12. The van der Waals surface area contributed by atoms with Crippen molar-refractivity contribution in [3.63, 3.8) is 0 Å². The Morgan fingerprint density at radius 2 is 1.49 bits per heavy atom. The van der Waals surface area contributed by atoms with Gasteiger partial charge < -0.3 is 5.32 Å². The van der Waals surface area contributed by atoms with Crippen molar-refractivity contribution < 1.29 is 22.8 Å². The number of carbonyl (C=O) groups is 2. The highest BCUT2D eigenvalue weighted by Crippen LogP contribution is 2.33. The SMILES string of the molecule is CCNC(=O)C(c1ccccc1)N1CC=C(c2ccc(CC(=O)c3ccccc3-c3ccc(C(F)(F)F)cc3)cc2)CC1. The summed E-state index contributed by atoms with van der Waals surface area (Å²) in [6.07, 6.45) is -1.28. The molecule has 0 saturated carbocycles. The van der Waals surface area contributed by atoms with Crippen molar-refractivity contribution in [2.75, 3.05) is 19.6 Å². The molecular formula is C36H33F3N2O2. The van der Waals surface area contributed by atoms with E-state index in [1.807, 2.05) is 61.5 Å². The standard InChI is InChI=1S/C36H33F3N2O2/c1-2-40-35(43)34(29-8-4-3-5-9-29)41-22-20-27(21-23-41)26-14-12-25(13-15-26)24-33(42)32-11-7-6-10-31(32)28-16-18-30(19-17-28)36(37,38)39/h3-20,34H,2,21-24H2,1H3,(H,40,43). The summed E-state index contributed by atoms with van der Waals surface area (Å²) in [5.74, 6) is -0.104. The molecule has 43 heavy (non-hydrogen) atoms. The van der Waals surface area contributed by atoms with E-state index in [1.54, 1.807) is 24.3 Å². The van der Waals surface area contributed by atoms with Crippen molar-refractivity contribution in [3.8, 4) is 11.1 Å². The van der Waals surface area contributed by atoms with E-state index in [9.17, 15) is 22.8 Å². The third-order valence-corrected chi connectivity index (χ3v) is 7.76. The molecule has 4 aromatic carbocycles. The Kier molecular flexibility index (Phi) is 9.22. The number of amides is 1. The molecule has 5 rings (SSSR count). The van der Waals surface area contributed by atoms with Gasteiger partial charge in [0.25, 0.3) is 0 Å². The Morgan fingerprint density at radius 1 is 0.837 bits per heavy atom. The lowest BCUT2D eigenvalue weighted by Crippen LogP contribution is -2.42. The second-order valence-corrected chi connectivity index (χ2v) is 10.6. The number of alkyl halides is 3. The lowest BCUT2D eigenvalue weighted by molar-refractivity contribution is -0.137. The van der Waals surface area contributed by atoms with Crippen molar-refractivity contribution >= 4 is 17.3 Å². The minimum atomic E-state index is -4.41. The molecule has 0 spiro atoms.